The van der Waals surface area contributed by atoms with Crippen LogP contribution in [-0.2, 0) is 0 Å². The van der Waals surface area contributed by atoms with E-state index in [1.807, 2.05) is 0 Å². The summed E-state index contributed by atoms with van der Waals surface area (Å²) < 4.78 is 12.5. The predicted octanol–water partition coefficient (Wildman–Crippen LogP) is 1.05. The van der Waals surface area contributed by atoms with E-state index in [1.54, 1.807) is 0 Å². The van der Waals surface area contributed by atoms with Gasteiger partial charge in [-0.15, -0.1) is 6.42 Å². The molecule has 0 aromatic carbocycles. The van der Waals surface area contributed by atoms with Crippen LogP contribution in [0, 0.1) is 12.3 Å². The summed E-state index contributed by atoms with van der Waals surface area (Å²) >= 11 is 0. The second-order valence-electron chi connectivity index (χ2n) is 2.65. The van der Waals surface area contributed by atoms with Crippen molar-refractivity contribution in [3.05, 3.63) is 0 Å². The second-order valence-corrected chi connectivity index (χ2v) is 2.65. The van der Waals surface area contributed by atoms with Crippen molar-refractivity contribution in [2.75, 3.05) is 19.6 Å². The van der Waals surface area contributed by atoms with Crippen LogP contribution in [0.5, 0.6) is 0 Å². The maximum absolute atomic E-state index is 12.5. The van der Waals surface area contributed by atoms with Crippen LogP contribution < -0.4 is 0 Å². The lowest BCUT2D eigenvalue weighted by molar-refractivity contribution is 0.164. The van der Waals surface area contributed by atoms with Crippen LogP contribution in [0.15, 0.2) is 0 Å². The van der Waals surface area contributed by atoms with Gasteiger partial charge in [-0.25, -0.2) is 4.39 Å². The molecule has 0 atom stereocenters. The molecule has 2 heteroatoms. The number of piperidine rings is 1. The third-order valence-electron chi connectivity index (χ3n) is 1.83. The third kappa shape index (κ3) is 2.00. The Morgan fingerprint density at radius 2 is 2.10 bits per heavy atom. The van der Waals surface area contributed by atoms with Crippen molar-refractivity contribution in [1.82, 2.24) is 4.90 Å². The Balaban J connectivity index is 2.21. The second kappa shape index (κ2) is 3.58. The maximum atomic E-state index is 12.5. The third-order valence-corrected chi connectivity index (χ3v) is 1.83. The minimum atomic E-state index is -0.589. The molecule has 0 aromatic heterocycles. The van der Waals surface area contributed by atoms with Crippen molar-refractivity contribution >= 4 is 0 Å². The van der Waals surface area contributed by atoms with Crippen molar-refractivity contribution in [2.24, 2.45) is 0 Å². The van der Waals surface area contributed by atoms with E-state index in [0.29, 0.717) is 19.4 Å². The minimum Gasteiger partial charge on any atom is -0.292 e. The van der Waals surface area contributed by atoms with Crippen LogP contribution in [0.25, 0.3) is 0 Å². The minimum absolute atomic E-state index is 0.589. The molecule has 1 nitrogen and oxygen atoms in total. The summed E-state index contributed by atoms with van der Waals surface area (Å²) in [6.07, 6.45) is 5.83. The monoisotopic (exact) mass is 141 g/mol. The Labute approximate surface area is 61.2 Å². The fraction of sp³-hybridized carbons (Fsp3) is 0.750. The lowest BCUT2D eigenvalue weighted by Gasteiger charge is -2.26. The number of rotatable bonds is 1. The molecule has 1 heterocycles. The van der Waals surface area contributed by atoms with Gasteiger partial charge in [-0.1, -0.05) is 5.92 Å². The molecule has 0 bridgehead atoms. The van der Waals surface area contributed by atoms with E-state index in [4.69, 9.17) is 6.42 Å². The first-order chi connectivity index (χ1) is 4.83. The summed E-state index contributed by atoms with van der Waals surface area (Å²) in [4.78, 5) is 2.11. The highest BCUT2D eigenvalue weighted by Gasteiger charge is 2.16. The summed E-state index contributed by atoms with van der Waals surface area (Å²) in [6, 6.07) is 0. The molecule has 0 amide bonds. The molecule has 1 saturated heterocycles. The molecule has 0 radical (unpaired) electrons. The normalized spacial score (nSPS) is 22.4. The molecule has 56 valence electrons. The molecule has 0 saturated carbocycles. The highest BCUT2D eigenvalue weighted by atomic mass is 19.1. The zero-order valence-corrected chi connectivity index (χ0v) is 6.02. The average molecular weight is 141 g/mol. The van der Waals surface area contributed by atoms with E-state index >= 15 is 0 Å². The molecular formula is C8H12FN. The van der Waals surface area contributed by atoms with E-state index in [1.165, 1.54) is 0 Å². The Kier molecular flexibility index (Phi) is 2.70. The molecule has 1 fully saturated rings. The fourth-order valence-electron chi connectivity index (χ4n) is 1.19. The summed E-state index contributed by atoms with van der Waals surface area (Å²) in [6.45, 7) is 2.32. The summed E-state index contributed by atoms with van der Waals surface area (Å²) in [5, 5.41) is 0. The van der Waals surface area contributed by atoms with E-state index in [2.05, 4.69) is 10.8 Å². The van der Waals surface area contributed by atoms with Gasteiger partial charge in [0.1, 0.15) is 6.17 Å². The van der Waals surface area contributed by atoms with Crippen molar-refractivity contribution in [1.29, 1.82) is 0 Å². The predicted molar refractivity (Wildman–Crippen MR) is 39.4 cm³/mol. The Bertz CT molecular complexity index is 131. The van der Waals surface area contributed by atoms with Gasteiger partial charge in [0.05, 0.1) is 6.54 Å². The first-order valence-electron chi connectivity index (χ1n) is 3.63. The van der Waals surface area contributed by atoms with Gasteiger partial charge in [-0.3, -0.25) is 4.90 Å². The first kappa shape index (κ1) is 7.56. The smallest absolute Gasteiger partial charge is 0.103 e. The molecule has 0 spiro atoms. The molecule has 1 aliphatic heterocycles. The zero-order chi connectivity index (χ0) is 7.40. The van der Waals surface area contributed by atoms with Crippen LogP contribution >= 0.6 is 0 Å². The highest BCUT2D eigenvalue weighted by molar-refractivity contribution is 4.89. The van der Waals surface area contributed by atoms with Gasteiger partial charge in [0.25, 0.3) is 0 Å². The number of hydrogen-bond donors (Lipinski definition) is 0. The number of halogens is 1. The van der Waals surface area contributed by atoms with E-state index < -0.39 is 6.17 Å². The molecule has 0 N–H and O–H groups in total. The van der Waals surface area contributed by atoms with E-state index in [-0.39, 0.29) is 0 Å². The molecule has 0 aromatic rings. The number of hydrogen-bond acceptors (Lipinski definition) is 1. The van der Waals surface area contributed by atoms with Gasteiger partial charge >= 0.3 is 0 Å². The van der Waals surface area contributed by atoms with Gasteiger partial charge in [-0.05, 0) is 12.8 Å². The number of likely N-dealkylation sites (tertiary alicyclic amines) is 1. The number of terminal acetylenes is 1. The van der Waals surface area contributed by atoms with Gasteiger partial charge in [0.15, 0.2) is 0 Å². The fourth-order valence-corrected chi connectivity index (χ4v) is 1.19. The summed E-state index contributed by atoms with van der Waals surface area (Å²) in [5.41, 5.74) is 0. The average Bonchev–Trinajstić information content (AvgIpc) is 1.95. The number of alkyl halides is 1. The van der Waals surface area contributed by atoms with Crippen molar-refractivity contribution in [2.45, 2.75) is 19.0 Å². The van der Waals surface area contributed by atoms with Gasteiger partial charge < -0.3 is 0 Å². The van der Waals surface area contributed by atoms with Gasteiger partial charge in [0.2, 0.25) is 0 Å². The van der Waals surface area contributed by atoms with Crippen LogP contribution in [0.3, 0.4) is 0 Å². The SMILES string of the molecule is C#CCN1CCC(F)CC1. The quantitative estimate of drug-likeness (QED) is 0.493. The Morgan fingerprint density at radius 1 is 1.50 bits per heavy atom. The molecule has 0 unspecified atom stereocenters. The van der Waals surface area contributed by atoms with Crippen molar-refractivity contribution < 1.29 is 4.39 Å². The highest BCUT2D eigenvalue weighted by Crippen LogP contribution is 2.11. The van der Waals surface area contributed by atoms with Gasteiger partial charge in [-0.2, -0.15) is 0 Å². The standard InChI is InChI=1S/C8H12FN/c1-2-5-10-6-3-8(9)4-7-10/h1,8H,3-7H2. The number of nitrogens with zero attached hydrogens (tertiary/aromatic N) is 1. The first-order valence-corrected chi connectivity index (χ1v) is 3.63. The van der Waals surface area contributed by atoms with Gasteiger partial charge in [0, 0.05) is 13.1 Å². The molecule has 0 aliphatic carbocycles. The van der Waals surface area contributed by atoms with Crippen LogP contribution in [0.1, 0.15) is 12.8 Å². The molecule has 1 aliphatic rings. The summed E-state index contributed by atoms with van der Waals surface area (Å²) in [7, 11) is 0. The van der Waals surface area contributed by atoms with Crippen LogP contribution in [0.4, 0.5) is 4.39 Å². The van der Waals surface area contributed by atoms with Crippen LogP contribution in [0.2, 0.25) is 0 Å². The van der Waals surface area contributed by atoms with Crippen molar-refractivity contribution in [3.8, 4) is 12.3 Å². The van der Waals surface area contributed by atoms with E-state index in [9.17, 15) is 4.39 Å². The Morgan fingerprint density at radius 3 is 2.60 bits per heavy atom. The van der Waals surface area contributed by atoms with Crippen molar-refractivity contribution in [3.63, 3.8) is 0 Å². The van der Waals surface area contributed by atoms with E-state index in [0.717, 1.165) is 13.1 Å². The largest absolute Gasteiger partial charge is 0.292 e. The topological polar surface area (TPSA) is 3.24 Å². The molecule has 10 heavy (non-hydrogen) atoms. The molecule has 1 rings (SSSR count). The molecular weight excluding hydrogens is 129 g/mol. The zero-order valence-electron chi connectivity index (χ0n) is 6.02. The Hall–Kier alpha value is -0.550. The maximum Gasteiger partial charge on any atom is 0.103 e. The lowest BCUT2D eigenvalue weighted by Crippen LogP contribution is -2.34. The lowest BCUT2D eigenvalue weighted by atomic mass is 10.1. The summed E-state index contributed by atoms with van der Waals surface area (Å²) in [5.74, 6) is 2.56. The van der Waals surface area contributed by atoms with Crippen LogP contribution in [-0.4, -0.2) is 30.7 Å².